The van der Waals surface area contributed by atoms with Gasteiger partial charge in [0.1, 0.15) is 0 Å². The molecule has 3 heteroatoms. The summed E-state index contributed by atoms with van der Waals surface area (Å²) in [5.74, 6) is 0.638. The molecule has 0 bridgehead atoms. The van der Waals surface area contributed by atoms with Crippen LogP contribution in [0.5, 0.6) is 0 Å². The Labute approximate surface area is 90.7 Å². The van der Waals surface area contributed by atoms with Crippen LogP contribution < -0.4 is 5.73 Å². The van der Waals surface area contributed by atoms with Crippen LogP contribution in [0.15, 0.2) is 6.33 Å². The lowest BCUT2D eigenvalue weighted by Crippen LogP contribution is -2.15. The molecule has 0 radical (unpaired) electrons. The fourth-order valence-corrected chi connectivity index (χ4v) is 2.80. The summed E-state index contributed by atoms with van der Waals surface area (Å²) in [7, 11) is 0. The Balaban J connectivity index is 1.91. The highest BCUT2D eigenvalue weighted by atomic mass is 15.1. The van der Waals surface area contributed by atoms with E-state index < -0.39 is 0 Å². The molecular formula is C12H19N3. The average molecular weight is 205 g/mol. The first-order valence-electron chi connectivity index (χ1n) is 6.16. The van der Waals surface area contributed by atoms with Gasteiger partial charge in [0.2, 0.25) is 0 Å². The normalized spacial score (nSPS) is 25.3. The molecule has 1 heterocycles. The summed E-state index contributed by atoms with van der Waals surface area (Å²) in [6.45, 7) is 0.792. The van der Waals surface area contributed by atoms with Gasteiger partial charge in [-0.1, -0.05) is 0 Å². The third-order valence-corrected chi connectivity index (χ3v) is 3.74. The van der Waals surface area contributed by atoms with Crippen LogP contribution in [0.3, 0.4) is 0 Å². The van der Waals surface area contributed by atoms with Gasteiger partial charge < -0.3 is 10.3 Å². The Bertz CT molecular complexity index is 352. The molecule has 1 saturated carbocycles. The van der Waals surface area contributed by atoms with Gasteiger partial charge in [0, 0.05) is 17.7 Å². The fourth-order valence-electron chi connectivity index (χ4n) is 2.80. The number of fused-ring (bicyclic) bond motifs is 1. The second kappa shape index (κ2) is 3.63. The number of hydrogen-bond acceptors (Lipinski definition) is 2. The van der Waals surface area contributed by atoms with Crippen molar-refractivity contribution >= 4 is 0 Å². The predicted octanol–water partition coefficient (Wildman–Crippen LogP) is 1.99. The second-order valence-electron chi connectivity index (χ2n) is 4.88. The number of imidazole rings is 1. The van der Waals surface area contributed by atoms with Gasteiger partial charge in [-0.3, -0.25) is 0 Å². The van der Waals surface area contributed by atoms with E-state index in [0.29, 0.717) is 5.92 Å². The third-order valence-electron chi connectivity index (χ3n) is 3.74. The molecule has 2 aliphatic rings. The lowest BCUT2D eigenvalue weighted by Gasteiger charge is -2.22. The van der Waals surface area contributed by atoms with Crippen molar-refractivity contribution in [3.8, 4) is 0 Å². The molecule has 15 heavy (non-hydrogen) atoms. The van der Waals surface area contributed by atoms with Crippen molar-refractivity contribution in [2.24, 2.45) is 5.73 Å². The molecular weight excluding hydrogens is 186 g/mol. The zero-order chi connectivity index (χ0) is 10.3. The number of aromatic nitrogens is 2. The molecule has 1 unspecified atom stereocenters. The molecule has 1 aromatic rings. The molecule has 0 spiro atoms. The van der Waals surface area contributed by atoms with E-state index in [1.807, 2.05) is 0 Å². The molecule has 1 atom stereocenters. The van der Waals surface area contributed by atoms with Gasteiger partial charge in [0.05, 0.1) is 12.0 Å². The van der Waals surface area contributed by atoms with Gasteiger partial charge in [-0.25, -0.2) is 4.98 Å². The van der Waals surface area contributed by atoms with Crippen molar-refractivity contribution in [2.45, 2.75) is 50.5 Å². The largest absolute Gasteiger partial charge is 0.331 e. The first-order chi connectivity index (χ1) is 7.40. The van der Waals surface area contributed by atoms with E-state index in [1.165, 1.54) is 43.5 Å². The van der Waals surface area contributed by atoms with Crippen LogP contribution >= 0.6 is 0 Å². The maximum Gasteiger partial charge on any atom is 0.0954 e. The first kappa shape index (κ1) is 9.40. The smallest absolute Gasteiger partial charge is 0.0954 e. The summed E-state index contributed by atoms with van der Waals surface area (Å²) in [5, 5.41) is 0. The average Bonchev–Trinajstić information content (AvgIpc) is 3.00. The molecule has 3 nitrogen and oxygen atoms in total. The Morgan fingerprint density at radius 2 is 2.27 bits per heavy atom. The topological polar surface area (TPSA) is 43.8 Å². The molecule has 0 aliphatic heterocycles. The SMILES string of the molecule is NCCC1CCCc2c1ncn2C1CC1. The summed E-state index contributed by atoms with van der Waals surface area (Å²) in [6, 6.07) is 0.776. The first-order valence-corrected chi connectivity index (χ1v) is 6.16. The summed E-state index contributed by atoms with van der Waals surface area (Å²) >= 11 is 0. The predicted molar refractivity (Wildman–Crippen MR) is 59.8 cm³/mol. The second-order valence-corrected chi connectivity index (χ2v) is 4.88. The van der Waals surface area contributed by atoms with Gasteiger partial charge in [0.25, 0.3) is 0 Å². The van der Waals surface area contributed by atoms with Crippen LogP contribution in [0.25, 0.3) is 0 Å². The van der Waals surface area contributed by atoms with Crippen LogP contribution in [-0.4, -0.2) is 16.1 Å². The third kappa shape index (κ3) is 1.59. The standard InChI is InChI=1S/C12H19N3/c13-7-6-9-2-1-3-11-12(9)14-8-15(11)10-4-5-10/h8-10H,1-7,13H2. The van der Waals surface area contributed by atoms with Crippen molar-refractivity contribution in [3.05, 3.63) is 17.7 Å². The van der Waals surface area contributed by atoms with Gasteiger partial charge in [-0.15, -0.1) is 0 Å². The Hall–Kier alpha value is -0.830. The molecule has 3 rings (SSSR count). The molecule has 2 aliphatic carbocycles. The molecule has 2 N–H and O–H groups in total. The Morgan fingerprint density at radius 1 is 1.40 bits per heavy atom. The summed E-state index contributed by atoms with van der Waals surface area (Å²) < 4.78 is 2.43. The van der Waals surface area contributed by atoms with E-state index in [9.17, 15) is 0 Å². The zero-order valence-corrected chi connectivity index (χ0v) is 9.15. The van der Waals surface area contributed by atoms with Crippen LogP contribution in [0.1, 0.15) is 55.5 Å². The van der Waals surface area contributed by atoms with Gasteiger partial charge >= 0.3 is 0 Å². The molecule has 82 valence electrons. The van der Waals surface area contributed by atoms with E-state index in [-0.39, 0.29) is 0 Å². The number of rotatable bonds is 3. The highest BCUT2D eigenvalue weighted by molar-refractivity contribution is 5.22. The number of hydrogen-bond donors (Lipinski definition) is 1. The minimum Gasteiger partial charge on any atom is -0.331 e. The highest BCUT2D eigenvalue weighted by Crippen LogP contribution is 2.40. The molecule has 1 aromatic heterocycles. The number of nitrogens with zero attached hydrogens (tertiary/aromatic N) is 2. The number of nitrogens with two attached hydrogens (primary N) is 1. The lowest BCUT2D eigenvalue weighted by molar-refractivity contribution is 0.501. The Morgan fingerprint density at radius 3 is 3.00 bits per heavy atom. The van der Waals surface area contributed by atoms with Gasteiger partial charge in [0.15, 0.2) is 0 Å². The summed E-state index contributed by atoms with van der Waals surface area (Å²) in [4.78, 5) is 4.63. The lowest BCUT2D eigenvalue weighted by atomic mass is 9.87. The van der Waals surface area contributed by atoms with Crippen molar-refractivity contribution < 1.29 is 0 Å². The maximum atomic E-state index is 5.66. The summed E-state index contributed by atoms with van der Waals surface area (Å²) in [5.41, 5.74) is 8.54. The van der Waals surface area contributed by atoms with Crippen molar-refractivity contribution in [1.29, 1.82) is 0 Å². The summed E-state index contributed by atoms with van der Waals surface area (Å²) in [6.07, 6.45) is 9.70. The Kier molecular flexibility index (Phi) is 2.28. The fraction of sp³-hybridized carbons (Fsp3) is 0.750. The quantitative estimate of drug-likeness (QED) is 0.820. The maximum absolute atomic E-state index is 5.66. The van der Waals surface area contributed by atoms with E-state index in [0.717, 1.165) is 19.0 Å². The van der Waals surface area contributed by atoms with Crippen molar-refractivity contribution in [3.63, 3.8) is 0 Å². The van der Waals surface area contributed by atoms with Crippen molar-refractivity contribution in [2.75, 3.05) is 6.54 Å². The van der Waals surface area contributed by atoms with Gasteiger partial charge in [-0.2, -0.15) is 0 Å². The minimum atomic E-state index is 0.638. The minimum absolute atomic E-state index is 0.638. The van der Waals surface area contributed by atoms with Crippen LogP contribution in [0.4, 0.5) is 0 Å². The highest BCUT2D eigenvalue weighted by Gasteiger charge is 2.30. The molecule has 0 aromatic carbocycles. The van der Waals surface area contributed by atoms with E-state index in [2.05, 4.69) is 15.9 Å². The van der Waals surface area contributed by atoms with E-state index in [1.54, 1.807) is 0 Å². The molecule has 0 saturated heterocycles. The van der Waals surface area contributed by atoms with E-state index >= 15 is 0 Å². The van der Waals surface area contributed by atoms with Crippen molar-refractivity contribution in [1.82, 2.24) is 9.55 Å². The van der Waals surface area contributed by atoms with Crippen LogP contribution in [0, 0.1) is 0 Å². The monoisotopic (exact) mass is 205 g/mol. The zero-order valence-electron chi connectivity index (χ0n) is 9.15. The van der Waals surface area contributed by atoms with E-state index in [4.69, 9.17) is 5.73 Å². The van der Waals surface area contributed by atoms with Crippen LogP contribution in [-0.2, 0) is 6.42 Å². The van der Waals surface area contributed by atoms with Gasteiger partial charge in [-0.05, 0) is 45.1 Å². The molecule has 1 fully saturated rings. The molecule has 0 amide bonds. The van der Waals surface area contributed by atoms with Crippen LogP contribution in [0.2, 0.25) is 0 Å².